The van der Waals surface area contributed by atoms with Gasteiger partial charge >= 0.3 is 0 Å². The summed E-state index contributed by atoms with van der Waals surface area (Å²) in [5.74, 6) is 1.23. The van der Waals surface area contributed by atoms with Crippen molar-refractivity contribution < 1.29 is 9.84 Å². The predicted octanol–water partition coefficient (Wildman–Crippen LogP) is 5.59. The van der Waals surface area contributed by atoms with Crippen LogP contribution < -0.4 is 4.74 Å². The van der Waals surface area contributed by atoms with Crippen molar-refractivity contribution in [2.24, 2.45) is 5.92 Å². The summed E-state index contributed by atoms with van der Waals surface area (Å²) in [4.78, 5) is 2.53. The molecule has 3 heteroatoms. The smallest absolute Gasteiger partial charge is 0.119 e. The van der Waals surface area contributed by atoms with Gasteiger partial charge in [-0.15, -0.1) is 0 Å². The number of benzene rings is 3. The van der Waals surface area contributed by atoms with Gasteiger partial charge in [0.25, 0.3) is 0 Å². The summed E-state index contributed by atoms with van der Waals surface area (Å²) < 4.78 is 6.05. The molecule has 5 rings (SSSR count). The summed E-state index contributed by atoms with van der Waals surface area (Å²) in [6.45, 7) is 3.85. The topological polar surface area (TPSA) is 32.7 Å². The molecule has 0 saturated carbocycles. The van der Waals surface area contributed by atoms with E-state index in [9.17, 15) is 5.11 Å². The van der Waals surface area contributed by atoms with Gasteiger partial charge in [-0.05, 0) is 91.9 Å². The quantitative estimate of drug-likeness (QED) is 0.463. The lowest BCUT2D eigenvalue weighted by Gasteiger charge is -2.42. The average Bonchev–Trinajstić information content (AvgIpc) is 3.36. The lowest BCUT2D eigenvalue weighted by Crippen LogP contribution is -2.44. The third kappa shape index (κ3) is 4.85. The highest BCUT2D eigenvalue weighted by Crippen LogP contribution is 2.41. The zero-order valence-electron chi connectivity index (χ0n) is 19.5. The second-order valence-corrected chi connectivity index (χ2v) is 9.60. The van der Waals surface area contributed by atoms with Crippen molar-refractivity contribution in [2.75, 3.05) is 26.2 Å². The molecule has 1 heterocycles. The number of hydrogen-bond donors (Lipinski definition) is 1. The van der Waals surface area contributed by atoms with Crippen LogP contribution in [0.25, 0.3) is 0 Å². The van der Waals surface area contributed by atoms with Gasteiger partial charge in [0.1, 0.15) is 11.4 Å². The molecule has 0 amide bonds. The van der Waals surface area contributed by atoms with Gasteiger partial charge in [-0.25, -0.2) is 0 Å². The van der Waals surface area contributed by atoms with Crippen LogP contribution in [0, 0.1) is 5.92 Å². The summed E-state index contributed by atoms with van der Waals surface area (Å²) in [7, 11) is 0. The summed E-state index contributed by atoms with van der Waals surface area (Å²) in [6, 6.07) is 27.0. The van der Waals surface area contributed by atoms with E-state index >= 15 is 0 Å². The van der Waals surface area contributed by atoms with Crippen molar-refractivity contribution in [1.29, 1.82) is 0 Å². The van der Waals surface area contributed by atoms with Crippen molar-refractivity contribution in [3.8, 4) is 5.75 Å². The molecule has 1 N–H and O–H groups in total. The number of piperidine rings is 1. The fraction of sp³-hybridized carbons (Fsp3) is 0.400. The van der Waals surface area contributed by atoms with E-state index in [1.807, 2.05) is 36.4 Å². The normalized spacial score (nSPS) is 17.1. The Balaban J connectivity index is 1.15. The molecule has 0 radical (unpaired) electrons. The summed E-state index contributed by atoms with van der Waals surface area (Å²) in [5.41, 5.74) is 4.02. The number of aryl methyl sites for hydroxylation is 2. The number of nitrogens with zero attached hydrogens (tertiary/aromatic N) is 1. The van der Waals surface area contributed by atoms with Gasteiger partial charge in [0.2, 0.25) is 0 Å². The second-order valence-electron chi connectivity index (χ2n) is 9.60. The Morgan fingerprint density at radius 3 is 2.12 bits per heavy atom. The third-order valence-electron chi connectivity index (χ3n) is 7.56. The highest BCUT2D eigenvalue weighted by molar-refractivity contribution is 5.39. The minimum absolute atomic E-state index is 0.209. The minimum atomic E-state index is -0.939. The summed E-state index contributed by atoms with van der Waals surface area (Å²) >= 11 is 0. The Kier molecular flexibility index (Phi) is 6.80. The second kappa shape index (κ2) is 10.1. The number of likely N-dealkylation sites (tertiary alicyclic amines) is 1. The summed E-state index contributed by atoms with van der Waals surface area (Å²) in [6.07, 6.45) is 6.70. The lowest BCUT2D eigenvalue weighted by molar-refractivity contribution is -0.0146. The zero-order valence-corrected chi connectivity index (χ0v) is 19.5. The Morgan fingerprint density at radius 1 is 0.818 bits per heavy atom. The van der Waals surface area contributed by atoms with Crippen molar-refractivity contribution in [3.63, 3.8) is 0 Å². The molecule has 1 saturated heterocycles. The molecular formula is C30H35NO2. The molecule has 33 heavy (non-hydrogen) atoms. The van der Waals surface area contributed by atoms with E-state index in [0.29, 0.717) is 0 Å². The van der Waals surface area contributed by atoms with Gasteiger partial charge in [-0.1, -0.05) is 66.7 Å². The predicted molar refractivity (Wildman–Crippen MR) is 134 cm³/mol. The van der Waals surface area contributed by atoms with Crippen LogP contribution in [0.15, 0.2) is 78.9 Å². The molecule has 3 aromatic carbocycles. The molecule has 3 aromatic rings. The van der Waals surface area contributed by atoms with Crippen molar-refractivity contribution >= 4 is 0 Å². The fourth-order valence-electron chi connectivity index (χ4n) is 5.71. The highest BCUT2D eigenvalue weighted by atomic mass is 16.5. The van der Waals surface area contributed by atoms with Crippen molar-refractivity contribution in [3.05, 3.63) is 101 Å². The molecular weight excluding hydrogens is 406 g/mol. The van der Waals surface area contributed by atoms with E-state index in [0.717, 1.165) is 62.4 Å². The van der Waals surface area contributed by atoms with E-state index in [-0.39, 0.29) is 5.92 Å². The first-order chi connectivity index (χ1) is 16.2. The van der Waals surface area contributed by atoms with Crippen LogP contribution in [-0.2, 0) is 18.4 Å². The van der Waals surface area contributed by atoms with Gasteiger partial charge in [0.05, 0.1) is 6.61 Å². The van der Waals surface area contributed by atoms with Crippen LogP contribution in [-0.4, -0.2) is 36.2 Å². The first-order valence-electron chi connectivity index (χ1n) is 12.5. The number of rotatable bonds is 8. The molecule has 1 fully saturated rings. The Bertz CT molecular complexity index is 986. The third-order valence-corrected chi connectivity index (χ3v) is 7.56. The Hall–Kier alpha value is -2.62. The molecule has 0 atom stereocenters. The molecule has 3 nitrogen and oxygen atoms in total. The maximum Gasteiger partial charge on any atom is 0.119 e. The summed E-state index contributed by atoms with van der Waals surface area (Å²) in [5, 5.41) is 12.0. The maximum absolute atomic E-state index is 12.0. The molecule has 1 aliphatic heterocycles. The Morgan fingerprint density at radius 2 is 1.45 bits per heavy atom. The largest absolute Gasteiger partial charge is 0.494 e. The Labute approximate surface area is 198 Å². The highest BCUT2D eigenvalue weighted by Gasteiger charge is 2.41. The van der Waals surface area contributed by atoms with Gasteiger partial charge in [0.15, 0.2) is 0 Å². The number of fused-ring (bicyclic) bond motifs is 1. The first-order valence-corrected chi connectivity index (χ1v) is 12.5. The van der Waals surface area contributed by atoms with Crippen LogP contribution in [0.1, 0.15) is 47.9 Å². The molecule has 0 aromatic heterocycles. The van der Waals surface area contributed by atoms with Crippen LogP contribution in [0.5, 0.6) is 5.75 Å². The minimum Gasteiger partial charge on any atom is -0.494 e. The van der Waals surface area contributed by atoms with Gasteiger partial charge in [0, 0.05) is 6.54 Å². The zero-order chi connectivity index (χ0) is 22.5. The average molecular weight is 442 g/mol. The van der Waals surface area contributed by atoms with E-state index < -0.39 is 5.60 Å². The molecule has 0 spiro atoms. The molecule has 0 unspecified atom stereocenters. The maximum atomic E-state index is 12.0. The van der Waals surface area contributed by atoms with Gasteiger partial charge < -0.3 is 14.7 Å². The van der Waals surface area contributed by atoms with Gasteiger partial charge in [-0.3, -0.25) is 0 Å². The van der Waals surface area contributed by atoms with Crippen LogP contribution in [0.4, 0.5) is 0 Å². The standard InChI is InChI=1S/C30H35NO2/c32-30(26-11-3-1-4-12-26,27-13-5-2-6-14-27)28-17-20-31(21-18-28)19-8-22-33-29-16-15-24-9-7-10-25(24)23-29/h1-6,11-16,23,28,32H,7-10,17-22H2. The first kappa shape index (κ1) is 22.2. The van der Waals surface area contributed by atoms with E-state index in [1.54, 1.807) is 0 Å². The fourth-order valence-corrected chi connectivity index (χ4v) is 5.71. The van der Waals surface area contributed by atoms with E-state index in [4.69, 9.17) is 4.74 Å². The number of ether oxygens (including phenoxy) is 1. The molecule has 2 aliphatic rings. The van der Waals surface area contributed by atoms with Crippen LogP contribution in [0.3, 0.4) is 0 Å². The van der Waals surface area contributed by atoms with Gasteiger partial charge in [-0.2, -0.15) is 0 Å². The number of aliphatic hydroxyl groups is 1. The molecule has 172 valence electrons. The molecule has 1 aliphatic carbocycles. The van der Waals surface area contributed by atoms with Crippen LogP contribution in [0.2, 0.25) is 0 Å². The number of hydrogen-bond acceptors (Lipinski definition) is 3. The van der Waals surface area contributed by atoms with Crippen molar-refractivity contribution in [1.82, 2.24) is 4.90 Å². The van der Waals surface area contributed by atoms with Crippen molar-refractivity contribution in [2.45, 2.75) is 44.1 Å². The van der Waals surface area contributed by atoms with E-state index in [2.05, 4.69) is 47.4 Å². The lowest BCUT2D eigenvalue weighted by atomic mass is 9.72. The monoisotopic (exact) mass is 441 g/mol. The molecule has 0 bridgehead atoms. The van der Waals surface area contributed by atoms with Crippen LogP contribution >= 0.6 is 0 Å². The SMILES string of the molecule is OC(c1ccccc1)(c1ccccc1)C1CCN(CCCOc2ccc3c(c2)CCC3)CC1. The van der Waals surface area contributed by atoms with E-state index in [1.165, 1.54) is 30.4 Å².